The molecule has 3 aromatic carbocycles. The van der Waals surface area contributed by atoms with Crippen molar-refractivity contribution in [1.29, 1.82) is 0 Å². The van der Waals surface area contributed by atoms with E-state index in [0.29, 0.717) is 24.5 Å². The molecule has 1 saturated heterocycles. The highest BCUT2D eigenvalue weighted by molar-refractivity contribution is 6.03. The van der Waals surface area contributed by atoms with Gasteiger partial charge in [0.2, 0.25) is 5.75 Å². The largest absolute Gasteiger partial charge is 0.500 e. The molecule has 3 aromatic rings. The summed E-state index contributed by atoms with van der Waals surface area (Å²) in [5.41, 5.74) is 3.91. The van der Waals surface area contributed by atoms with E-state index in [1.165, 1.54) is 12.1 Å². The second-order valence-electron chi connectivity index (χ2n) is 8.91. The van der Waals surface area contributed by atoms with E-state index in [2.05, 4.69) is 15.5 Å². The highest BCUT2D eigenvalue weighted by atomic mass is 16.6. The van der Waals surface area contributed by atoms with Crippen LogP contribution in [0, 0.1) is 10.1 Å². The zero-order valence-electron chi connectivity index (χ0n) is 20.8. The number of nitro benzene ring substituents is 1. The maximum atomic E-state index is 12.9. The monoisotopic (exact) mass is 516 g/mol. The summed E-state index contributed by atoms with van der Waals surface area (Å²) in [6.07, 6.45) is 0. The Morgan fingerprint density at radius 2 is 1.79 bits per heavy atom. The second kappa shape index (κ2) is 10.8. The van der Waals surface area contributed by atoms with Gasteiger partial charge in [-0.25, -0.2) is 4.79 Å². The Morgan fingerprint density at radius 3 is 2.45 bits per heavy atom. The van der Waals surface area contributed by atoms with E-state index in [4.69, 9.17) is 9.47 Å². The van der Waals surface area contributed by atoms with E-state index in [1.54, 1.807) is 6.92 Å². The van der Waals surface area contributed by atoms with Gasteiger partial charge in [-0.05, 0) is 41.8 Å². The van der Waals surface area contributed by atoms with Crippen LogP contribution in [-0.4, -0.2) is 49.0 Å². The van der Waals surface area contributed by atoms with Crippen molar-refractivity contribution >= 4 is 28.7 Å². The topological polar surface area (TPSA) is 126 Å². The Hall–Kier alpha value is -4.57. The first kappa shape index (κ1) is 25.1. The molecular weight excluding hydrogens is 488 g/mol. The summed E-state index contributed by atoms with van der Waals surface area (Å²) >= 11 is 0. The molecule has 1 unspecified atom stereocenters. The summed E-state index contributed by atoms with van der Waals surface area (Å²) in [7, 11) is 0. The molecular formula is C28H28N4O6. The van der Waals surface area contributed by atoms with Crippen molar-refractivity contribution in [3.05, 3.63) is 93.5 Å². The molecule has 0 spiro atoms. The SMILES string of the molecule is CCOc1cc(C2NC(=O)NC(c3ccc(N4CCOCC4)cc3)=C2c2ccccc2)cc([N+](=O)[O-])c1O. The number of urea groups is 1. The number of hydrogen-bond donors (Lipinski definition) is 3. The third-order valence-electron chi connectivity index (χ3n) is 6.60. The molecule has 2 aliphatic rings. The minimum Gasteiger partial charge on any atom is -0.500 e. The van der Waals surface area contributed by atoms with Crippen LogP contribution in [0.25, 0.3) is 11.3 Å². The van der Waals surface area contributed by atoms with Crippen molar-refractivity contribution in [2.24, 2.45) is 0 Å². The molecule has 10 nitrogen and oxygen atoms in total. The molecule has 2 heterocycles. The predicted molar refractivity (Wildman–Crippen MR) is 143 cm³/mol. The average molecular weight is 517 g/mol. The van der Waals surface area contributed by atoms with Crippen LogP contribution < -0.4 is 20.3 Å². The van der Waals surface area contributed by atoms with Crippen molar-refractivity contribution in [2.45, 2.75) is 13.0 Å². The number of carbonyl (C=O) groups is 1. The van der Waals surface area contributed by atoms with Crippen molar-refractivity contribution < 1.29 is 24.3 Å². The van der Waals surface area contributed by atoms with E-state index in [1.807, 2.05) is 54.6 Å². The van der Waals surface area contributed by atoms with Crippen LogP contribution in [0.3, 0.4) is 0 Å². The first-order valence-corrected chi connectivity index (χ1v) is 12.4. The Labute approximate surface area is 219 Å². The lowest BCUT2D eigenvalue weighted by atomic mass is 9.87. The summed E-state index contributed by atoms with van der Waals surface area (Å²) in [6, 6.07) is 19.0. The van der Waals surface area contributed by atoms with E-state index < -0.39 is 28.4 Å². The van der Waals surface area contributed by atoms with Gasteiger partial charge in [-0.15, -0.1) is 0 Å². The van der Waals surface area contributed by atoms with Crippen LogP contribution in [0.1, 0.15) is 29.7 Å². The van der Waals surface area contributed by atoms with Gasteiger partial charge in [0.15, 0.2) is 5.75 Å². The first-order chi connectivity index (χ1) is 18.5. The number of phenols is 1. The standard InChI is InChI=1S/C28H28N4O6/c1-2-38-23-17-20(16-22(27(23)33)32(35)36)26-24(18-6-4-3-5-7-18)25(29-28(34)30-26)19-8-10-21(11-9-19)31-12-14-37-15-13-31/h3-11,16-17,26,33H,2,12-15H2,1H3,(H2,29,30,34). The molecule has 0 bridgehead atoms. The van der Waals surface area contributed by atoms with Gasteiger partial charge >= 0.3 is 11.7 Å². The molecule has 3 N–H and O–H groups in total. The third kappa shape index (κ3) is 4.98. The van der Waals surface area contributed by atoms with Gasteiger partial charge in [0.05, 0.1) is 36.5 Å². The minimum absolute atomic E-state index is 0.0201. The van der Waals surface area contributed by atoms with E-state index in [0.717, 1.165) is 35.5 Å². The molecule has 10 heteroatoms. The van der Waals surface area contributed by atoms with Gasteiger partial charge in [0, 0.05) is 30.4 Å². The molecule has 1 fully saturated rings. The second-order valence-corrected chi connectivity index (χ2v) is 8.91. The number of rotatable bonds is 7. The maximum absolute atomic E-state index is 12.9. The number of amides is 2. The summed E-state index contributed by atoms with van der Waals surface area (Å²) in [5.74, 6) is -0.571. The minimum atomic E-state index is -0.751. The van der Waals surface area contributed by atoms with Crippen molar-refractivity contribution in [3.63, 3.8) is 0 Å². The maximum Gasteiger partial charge on any atom is 0.320 e. The molecule has 0 aliphatic carbocycles. The fraction of sp³-hybridized carbons (Fsp3) is 0.250. The number of hydrogen-bond acceptors (Lipinski definition) is 7. The van der Waals surface area contributed by atoms with Crippen LogP contribution in [-0.2, 0) is 4.74 Å². The molecule has 2 aliphatic heterocycles. The molecule has 196 valence electrons. The molecule has 38 heavy (non-hydrogen) atoms. The lowest BCUT2D eigenvalue weighted by Crippen LogP contribution is -2.43. The number of carbonyl (C=O) groups excluding carboxylic acids is 1. The number of anilines is 1. The number of nitrogens with zero attached hydrogens (tertiary/aromatic N) is 2. The zero-order valence-corrected chi connectivity index (χ0v) is 20.8. The van der Waals surface area contributed by atoms with E-state index in [9.17, 15) is 20.0 Å². The lowest BCUT2D eigenvalue weighted by molar-refractivity contribution is -0.386. The van der Waals surface area contributed by atoms with Crippen LogP contribution in [0.4, 0.5) is 16.2 Å². The number of nitrogens with one attached hydrogen (secondary N) is 2. The number of aromatic hydroxyl groups is 1. The molecule has 2 amide bonds. The normalized spacial score (nSPS) is 17.6. The number of nitro groups is 1. The van der Waals surface area contributed by atoms with Crippen LogP contribution in [0.15, 0.2) is 66.7 Å². The molecule has 0 saturated carbocycles. The lowest BCUT2D eigenvalue weighted by Gasteiger charge is -2.32. The fourth-order valence-corrected chi connectivity index (χ4v) is 4.82. The van der Waals surface area contributed by atoms with Crippen molar-refractivity contribution in [1.82, 2.24) is 10.6 Å². The van der Waals surface area contributed by atoms with Gasteiger partial charge in [-0.3, -0.25) is 10.1 Å². The number of benzene rings is 3. The summed E-state index contributed by atoms with van der Waals surface area (Å²) in [4.78, 5) is 26.2. The van der Waals surface area contributed by atoms with Crippen LogP contribution in [0.2, 0.25) is 0 Å². The van der Waals surface area contributed by atoms with Crippen molar-refractivity contribution in [3.8, 4) is 11.5 Å². The van der Waals surface area contributed by atoms with Crippen LogP contribution >= 0.6 is 0 Å². The third-order valence-corrected chi connectivity index (χ3v) is 6.60. The predicted octanol–water partition coefficient (Wildman–Crippen LogP) is 4.46. The number of morpholine rings is 1. The Morgan fingerprint density at radius 1 is 1.08 bits per heavy atom. The first-order valence-electron chi connectivity index (χ1n) is 12.4. The number of ether oxygens (including phenoxy) is 2. The summed E-state index contributed by atoms with van der Waals surface area (Å²) in [5, 5.41) is 28.0. The number of phenolic OH excluding ortho intramolecular Hbond substituents is 1. The van der Waals surface area contributed by atoms with Gasteiger partial charge < -0.3 is 30.1 Å². The Kier molecular flexibility index (Phi) is 7.14. The zero-order chi connectivity index (χ0) is 26.6. The highest BCUT2D eigenvalue weighted by Gasteiger charge is 2.33. The fourth-order valence-electron chi connectivity index (χ4n) is 4.82. The smallest absolute Gasteiger partial charge is 0.320 e. The Bertz CT molecular complexity index is 1370. The quantitative estimate of drug-likeness (QED) is 0.313. The Balaban J connectivity index is 1.65. The van der Waals surface area contributed by atoms with Gasteiger partial charge in [-0.2, -0.15) is 0 Å². The van der Waals surface area contributed by atoms with Gasteiger partial charge in [0.25, 0.3) is 0 Å². The highest BCUT2D eigenvalue weighted by Crippen LogP contribution is 2.44. The molecule has 5 rings (SSSR count). The van der Waals surface area contributed by atoms with Crippen LogP contribution in [0.5, 0.6) is 11.5 Å². The molecule has 0 radical (unpaired) electrons. The summed E-state index contributed by atoms with van der Waals surface area (Å²) in [6.45, 7) is 4.89. The molecule has 1 atom stereocenters. The molecule has 0 aromatic heterocycles. The van der Waals surface area contributed by atoms with E-state index >= 15 is 0 Å². The van der Waals surface area contributed by atoms with E-state index in [-0.39, 0.29) is 12.4 Å². The van der Waals surface area contributed by atoms with Gasteiger partial charge in [-0.1, -0.05) is 42.5 Å². The summed E-state index contributed by atoms with van der Waals surface area (Å²) < 4.78 is 10.9. The van der Waals surface area contributed by atoms with Crippen molar-refractivity contribution in [2.75, 3.05) is 37.8 Å². The average Bonchev–Trinajstić information content (AvgIpc) is 2.94. The van der Waals surface area contributed by atoms with Gasteiger partial charge in [0.1, 0.15) is 0 Å².